The van der Waals surface area contributed by atoms with Crippen molar-refractivity contribution in [1.29, 1.82) is 0 Å². The molecule has 0 bridgehead atoms. The minimum Gasteiger partial charge on any atom is -0.354 e. The Labute approximate surface area is 141 Å². The number of rotatable bonds is 9. The standard InChI is InChI=1S/C18H22N2O4/c1-2-13(21)7-3-6-10-16(22)19-11-12-20-17(23)14-8-4-5-9-15(14)18(20)24/h4-5,8-9H,2-3,6-7,10-12H2,1H3,(H,19,22). The minimum atomic E-state index is -0.317. The highest BCUT2D eigenvalue weighted by Gasteiger charge is 2.34. The lowest BCUT2D eigenvalue weighted by atomic mass is 10.1. The topological polar surface area (TPSA) is 83.6 Å². The van der Waals surface area contributed by atoms with E-state index in [0.717, 1.165) is 4.90 Å². The van der Waals surface area contributed by atoms with Crippen LogP contribution >= 0.6 is 0 Å². The van der Waals surface area contributed by atoms with Crippen LogP contribution in [0.25, 0.3) is 0 Å². The summed E-state index contributed by atoms with van der Waals surface area (Å²) in [4.78, 5) is 48.3. The molecule has 0 radical (unpaired) electrons. The second kappa shape index (κ2) is 8.38. The Morgan fingerprint density at radius 1 is 1.00 bits per heavy atom. The van der Waals surface area contributed by atoms with Crippen molar-refractivity contribution in [2.75, 3.05) is 13.1 Å². The van der Waals surface area contributed by atoms with Crippen molar-refractivity contribution in [3.63, 3.8) is 0 Å². The van der Waals surface area contributed by atoms with Crippen molar-refractivity contribution in [2.24, 2.45) is 0 Å². The first kappa shape index (κ1) is 17.8. The number of unbranched alkanes of at least 4 members (excludes halogenated alkanes) is 1. The molecule has 1 aliphatic rings. The van der Waals surface area contributed by atoms with E-state index < -0.39 is 0 Å². The fourth-order valence-corrected chi connectivity index (χ4v) is 2.62. The van der Waals surface area contributed by atoms with E-state index in [1.807, 2.05) is 6.92 Å². The minimum absolute atomic E-state index is 0.129. The van der Waals surface area contributed by atoms with Crippen molar-refractivity contribution >= 4 is 23.5 Å². The van der Waals surface area contributed by atoms with Crippen LogP contribution in [0.1, 0.15) is 59.7 Å². The summed E-state index contributed by atoms with van der Waals surface area (Å²) in [6, 6.07) is 6.70. The number of nitrogens with one attached hydrogen (secondary N) is 1. The Bertz CT molecular complexity index is 619. The maximum atomic E-state index is 12.1. The fraction of sp³-hybridized carbons (Fsp3) is 0.444. The lowest BCUT2D eigenvalue weighted by Crippen LogP contribution is -2.38. The zero-order chi connectivity index (χ0) is 17.5. The van der Waals surface area contributed by atoms with E-state index in [0.29, 0.717) is 43.2 Å². The van der Waals surface area contributed by atoms with E-state index in [-0.39, 0.29) is 36.6 Å². The molecule has 1 N–H and O–H groups in total. The summed E-state index contributed by atoms with van der Waals surface area (Å²) >= 11 is 0. The van der Waals surface area contributed by atoms with E-state index in [1.54, 1.807) is 24.3 Å². The van der Waals surface area contributed by atoms with Crippen LogP contribution in [0.5, 0.6) is 0 Å². The monoisotopic (exact) mass is 330 g/mol. The van der Waals surface area contributed by atoms with Crippen molar-refractivity contribution in [3.05, 3.63) is 35.4 Å². The molecule has 1 aromatic carbocycles. The Balaban J connectivity index is 1.69. The van der Waals surface area contributed by atoms with Crippen LogP contribution in [-0.2, 0) is 9.59 Å². The van der Waals surface area contributed by atoms with Gasteiger partial charge in [0.2, 0.25) is 5.91 Å². The smallest absolute Gasteiger partial charge is 0.261 e. The second-order valence-electron chi connectivity index (χ2n) is 5.76. The van der Waals surface area contributed by atoms with Crippen LogP contribution in [0.3, 0.4) is 0 Å². The molecule has 0 aliphatic carbocycles. The highest BCUT2D eigenvalue weighted by Crippen LogP contribution is 2.21. The molecule has 0 aromatic heterocycles. The molecular formula is C18H22N2O4. The molecule has 0 saturated heterocycles. The molecule has 128 valence electrons. The average Bonchev–Trinajstić information content (AvgIpc) is 2.83. The summed E-state index contributed by atoms with van der Waals surface area (Å²) in [6.07, 6.45) is 2.76. The molecule has 6 nitrogen and oxygen atoms in total. The zero-order valence-corrected chi connectivity index (χ0v) is 13.8. The van der Waals surface area contributed by atoms with Gasteiger partial charge in [0.25, 0.3) is 11.8 Å². The predicted octanol–water partition coefficient (Wildman–Crippen LogP) is 1.94. The largest absolute Gasteiger partial charge is 0.354 e. The molecule has 24 heavy (non-hydrogen) atoms. The molecular weight excluding hydrogens is 308 g/mol. The van der Waals surface area contributed by atoms with Gasteiger partial charge in [-0.25, -0.2) is 0 Å². The summed E-state index contributed by atoms with van der Waals surface area (Å²) in [7, 11) is 0. The van der Waals surface area contributed by atoms with E-state index in [1.165, 1.54) is 0 Å². The highest BCUT2D eigenvalue weighted by molar-refractivity contribution is 6.21. The molecule has 0 saturated carbocycles. The van der Waals surface area contributed by atoms with Gasteiger partial charge in [0.15, 0.2) is 0 Å². The van der Waals surface area contributed by atoms with E-state index in [9.17, 15) is 19.2 Å². The van der Waals surface area contributed by atoms with Gasteiger partial charge >= 0.3 is 0 Å². The van der Waals surface area contributed by atoms with Crippen LogP contribution in [0.2, 0.25) is 0 Å². The van der Waals surface area contributed by atoms with Gasteiger partial charge in [-0.2, -0.15) is 0 Å². The van der Waals surface area contributed by atoms with Crippen molar-refractivity contribution in [3.8, 4) is 0 Å². The third-order valence-electron chi connectivity index (χ3n) is 4.04. The SMILES string of the molecule is CCC(=O)CCCCC(=O)NCCN1C(=O)c2ccccc2C1=O. The Hall–Kier alpha value is -2.50. The number of amides is 3. The number of Topliss-reactive ketones (excluding diaryl/α,β-unsaturated/α-hetero) is 1. The van der Waals surface area contributed by atoms with Crippen LogP contribution < -0.4 is 5.32 Å². The van der Waals surface area contributed by atoms with E-state index >= 15 is 0 Å². The highest BCUT2D eigenvalue weighted by atomic mass is 16.2. The number of fused-ring (bicyclic) bond motifs is 1. The number of imide groups is 1. The molecule has 0 atom stereocenters. The lowest BCUT2D eigenvalue weighted by Gasteiger charge is -2.14. The molecule has 0 fully saturated rings. The molecule has 1 heterocycles. The predicted molar refractivity (Wildman–Crippen MR) is 88.6 cm³/mol. The molecule has 6 heteroatoms. The van der Waals surface area contributed by atoms with E-state index in [4.69, 9.17) is 0 Å². The number of carbonyl (C=O) groups excluding carboxylic acids is 4. The van der Waals surface area contributed by atoms with Gasteiger partial charge in [-0.15, -0.1) is 0 Å². The van der Waals surface area contributed by atoms with Crippen LogP contribution in [0, 0.1) is 0 Å². The number of hydrogen-bond acceptors (Lipinski definition) is 4. The number of carbonyl (C=O) groups is 4. The summed E-state index contributed by atoms with van der Waals surface area (Å²) < 4.78 is 0. The van der Waals surface area contributed by atoms with Gasteiger partial charge in [0.1, 0.15) is 5.78 Å². The van der Waals surface area contributed by atoms with E-state index in [2.05, 4.69) is 5.32 Å². The molecule has 0 spiro atoms. The molecule has 1 aromatic rings. The third kappa shape index (κ3) is 4.28. The summed E-state index contributed by atoms with van der Waals surface area (Å²) in [5.74, 6) is -0.553. The molecule has 3 amide bonds. The van der Waals surface area contributed by atoms with Gasteiger partial charge in [0.05, 0.1) is 11.1 Å². The quantitative estimate of drug-likeness (QED) is 0.554. The van der Waals surface area contributed by atoms with Crippen molar-refractivity contribution in [2.45, 2.75) is 39.0 Å². The zero-order valence-electron chi connectivity index (χ0n) is 13.8. The van der Waals surface area contributed by atoms with Crippen LogP contribution in [-0.4, -0.2) is 41.5 Å². The fourth-order valence-electron chi connectivity index (χ4n) is 2.62. The summed E-state index contributed by atoms with van der Waals surface area (Å²) in [5.41, 5.74) is 0.823. The molecule has 2 rings (SSSR count). The molecule has 1 aliphatic heterocycles. The van der Waals surface area contributed by atoms with Gasteiger partial charge in [-0.05, 0) is 25.0 Å². The number of hydrogen-bond donors (Lipinski definition) is 1. The number of nitrogens with zero attached hydrogens (tertiary/aromatic N) is 1. The summed E-state index contributed by atoms with van der Waals surface area (Å²) in [6.45, 7) is 2.22. The normalized spacial score (nSPS) is 13.1. The van der Waals surface area contributed by atoms with Gasteiger partial charge in [0, 0.05) is 32.4 Å². The maximum absolute atomic E-state index is 12.1. The first-order chi connectivity index (χ1) is 11.5. The van der Waals surface area contributed by atoms with Crippen molar-refractivity contribution in [1.82, 2.24) is 10.2 Å². The van der Waals surface area contributed by atoms with Crippen molar-refractivity contribution < 1.29 is 19.2 Å². The maximum Gasteiger partial charge on any atom is 0.261 e. The van der Waals surface area contributed by atoms with Crippen LogP contribution in [0.15, 0.2) is 24.3 Å². The summed E-state index contributed by atoms with van der Waals surface area (Å²) in [5, 5.41) is 2.71. The van der Waals surface area contributed by atoms with Gasteiger partial charge < -0.3 is 5.32 Å². The third-order valence-corrected chi connectivity index (χ3v) is 4.04. The number of benzene rings is 1. The molecule has 0 unspecified atom stereocenters. The number of ketones is 1. The Morgan fingerprint density at radius 3 is 2.17 bits per heavy atom. The van der Waals surface area contributed by atoms with Gasteiger partial charge in [-0.1, -0.05) is 19.1 Å². The average molecular weight is 330 g/mol. The lowest BCUT2D eigenvalue weighted by molar-refractivity contribution is -0.122. The Morgan fingerprint density at radius 2 is 1.58 bits per heavy atom. The van der Waals surface area contributed by atoms with Crippen LogP contribution in [0.4, 0.5) is 0 Å². The van der Waals surface area contributed by atoms with Gasteiger partial charge in [-0.3, -0.25) is 24.1 Å². The second-order valence-corrected chi connectivity index (χ2v) is 5.76. The first-order valence-corrected chi connectivity index (χ1v) is 8.28. The Kier molecular flexibility index (Phi) is 6.23. The first-order valence-electron chi connectivity index (χ1n) is 8.28.